The minimum absolute atomic E-state index is 0.121. The number of carboxylic acid groups (broad SMARTS) is 1. The van der Waals surface area contributed by atoms with Gasteiger partial charge in [-0.3, -0.25) is 0 Å². The van der Waals surface area contributed by atoms with E-state index in [0.717, 1.165) is 19.3 Å². The van der Waals surface area contributed by atoms with E-state index in [0.29, 0.717) is 10.2 Å². The van der Waals surface area contributed by atoms with E-state index in [-0.39, 0.29) is 17.6 Å². The van der Waals surface area contributed by atoms with Crippen molar-refractivity contribution in [1.82, 2.24) is 5.32 Å². The molecule has 1 aromatic carbocycles. The predicted octanol–water partition coefficient (Wildman–Crippen LogP) is 3.85. The molecule has 1 unspecified atom stereocenters. The number of anilines is 1. The number of carboxylic acids is 1. The molecule has 0 spiro atoms. The van der Waals surface area contributed by atoms with E-state index < -0.39 is 5.97 Å². The van der Waals surface area contributed by atoms with Crippen LogP contribution in [0.2, 0.25) is 0 Å². The van der Waals surface area contributed by atoms with Gasteiger partial charge in [-0.15, -0.1) is 0 Å². The molecule has 2 amide bonds. The first-order valence-electron chi connectivity index (χ1n) is 6.57. The maximum Gasteiger partial charge on any atom is 0.335 e. The molecule has 0 aliphatic rings. The highest BCUT2D eigenvalue weighted by atomic mass is 79.9. The van der Waals surface area contributed by atoms with Gasteiger partial charge in [0.25, 0.3) is 0 Å². The van der Waals surface area contributed by atoms with E-state index in [1.807, 2.05) is 6.92 Å². The van der Waals surface area contributed by atoms with E-state index in [9.17, 15) is 9.59 Å². The van der Waals surface area contributed by atoms with Crippen molar-refractivity contribution >= 4 is 33.6 Å². The number of urea groups is 1. The number of benzene rings is 1. The van der Waals surface area contributed by atoms with Crippen LogP contribution in [0.1, 0.15) is 43.5 Å². The van der Waals surface area contributed by atoms with E-state index in [2.05, 4.69) is 33.5 Å². The summed E-state index contributed by atoms with van der Waals surface area (Å²) in [5.41, 5.74) is 0.566. The van der Waals surface area contributed by atoms with Crippen molar-refractivity contribution in [2.24, 2.45) is 0 Å². The minimum Gasteiger partial charge on any atom is -0.478 e. The summed E-state index contributed by atoms with van der Waals surface area (Å²) < 4.78 is 0.605. The smallest absolute Gasteiger partial charge is 0.335 e. The maximum atomic E-state index is 11.9. The predicted molar refractivity (Wildman–Crippen MR) is 82.2 cm³/mol. The lowest BCUT2D eigenvalue weighted by Gasteiger charge is -2.16. The van der Waals surface area contributed by atoms with Crippen LogP contribution < -0.4 is 10.6 Å². The molecule has 0 aromatic heterocycles. The van der Waals surface area contributed by atoms with Crippen molar-refractivity contribution in [2.45, 2.75) is 39.2 Å². The average molecular weight is 343 g/mol. The number of carbonyl (C=O) groups is 2. The van der Waals surface area contributed by atoms with Crippen molar-refractivity contribution in [2.75, 3.05) is 5.32 Å². The van der Waals surface area contributed by atoms with Gasteiger partial charge in [0.15, 0.2) is 0 Å². The van der Waals surface area contributed by atoms with Gasteiger partial charge in [-0.25, -0.2) is 9.59 Å². The molecule has 0 saturated heterocycles. The Bertz CT molecular complexity index is 491. The van der Waals surface area contributed by atoms with E-state index >= 15 is 0 Å². The molecular formula is C14H19BrN2O3. The molecule has 1 atom stereocenters. The number of amides is 2. The van der Waals surface area contributed by atoms with Gasteiger partial charge in [-0.05, 0) is 31.0 Å². The Kier molecular flexibility index (Phi) is 6.51. The molecule has 0 heterocycles. The zero-order valence-corrected chi connectivity index (χ0v) is 13.2. The second-order valence-corrected chi connectivity index (χ2v) is 5.44. The SMILES string of the molecule is CCCC(CC)NC(=O)Nc1cc(Br)cc(C(=O)O)c1. The molecule has 0 saturated carbocycles. The topological polar surface area (TPSA) is 78.4 Å². The van der Waals surface area contributed by atoms with Gasteiger partial charge < -0.3 is 15.7 Å². The Balaban J connectivity index is 2.72. The number of carbonyl (C=O) groups excluding carboxylic acids is 1. The lowest BCUT2D eigenvalue weighted by atomic mass is 10.1. The van der Waals surface area contributed by atoms with Crippen LogP contribution in [0.3, 0.4) is 0 Å². The Morgan fingerprint density at radius 1 is 1.30 bits per heavy atom. The van der Waals surface area contributed by atoms with Gasteiger partial charge in [0, 0.05) is 16.2 Å². The fraction of sp³-hybridized carbons (Fsp3) is 0.429. The second-order valence-electron chi connectivity index (χ2n) is 4.53. The summed E-state index contributed by atoms with van der Waals surface area (Å²) in [7, 11) is 0. The van der Waals surface area contributed by atoms with Crippen LogP contribution in [0.4, 0.5) is 10.5 Å². The first-order valence-corrected chi connectivity index (χ1v) is 7.37. The van der Waals surface area contributed by atoms with E-state index in [4.69, 9.17) is 5.11 Å². The van der Waals surface area contributed by atoms with Gasteiger partial charge >= 0.3 is 12.0 Å². The van der Waals surface area contributed by atoms with Gasteiger partial charge in [-0.2, -0.15) is 0 Å². The molecule has 20 heavy (non-hydrogen) atoms. The summed E-state index contributed by atoms with van der Waals surface area (Å²) in [5, 5.41) is 14.5. The average Bonchev–Trinajstić information content (AvgIpc) is 2.37. The molecule has 5 nitrogen and oxygen atoms in total. The largest absolute Gasteiger partial charge is 0.478 e. The standard InChI is InChI=1S/C14H19BrN2O3/c1-3-5-11(4-2)16-14(20)17-12-7-9(13(18)19)6-10(15)8-12/h6-8,11H,3-5H2,1-2H3,(H,18,19)(H2,16,17,20). The van der Waals surface area contributed by atoms with Crippen molar-refractivity contribution in [3.05, 3.63) is 28.2 Å². The van der Waals surface area contributed by atoms with Gasteiger partial charge in [-0.1, -0.05) is 36.2 Å². The molecule has 110 valence electrons. The first kappa shape index (κ1) is 16.5. The summed E-state index contributed by atoms with van der Waals surface area (Å²) in [5.74, 6) is -1.04. The molecule has 6 heteroatoms. The first-order chi connectivity index (χ1) is 9.46. The van der Waals surface area contributed by atoms with Crippen LogP contribution in [-0.4, -0.2) is 23.1 Å². The Labute approximate surface area is 126 Å². The maximum absolute atomic E-state index is 11.9. The van der Waals surface area contributed by atoms with Crippen LogP contribution in [-0.2, 0) is 0 Å². The number of halogens is 1. The molecule has 3 N–H and O–H groups in total. The fourth-order valence-corrected chi connectivity index (χ4v) is 2.36. The van der Waals surface area contributed by atoms with Crippen molar-refractivity contribution in [3.63, 3.8) is 0 Å². The lowest BCUT2D eigenvalue weighted by Crippen LogP contribution is -2.37. The Hall–Kier alpha value is -1.56. The molecule has 1 aromatic rings. The summed E-state index contributed by atoms with van der Waals surface area (Å²) in [4.78, 5) is 22.8. The molecule has 0 aliphatic carbocycles. The highest BCUT2D eigenvalue weighted by molar-refractivity contribution is 9.10. The Morgan fingerprint density at radius 3 is 2.55 bits per heavy atom. The third-order valence-electron chi connectivity index (χ3n) is 2.87. The highest BCUT2D eigenvalue weighted by Crippen LogP contribution is 2.19. The fourth-order valence-electron chi connectivity index (χ4n) is 1.86. The molecule has 0 radical (unpaired) electrons. The van der Waals surface area contributed by atoms with Gasteiger partial charge in [0.05, 0.1) is 5.56 Å². The summed E-state index contributed by atoms with van der Waals surface area (Å²) >= 11 is 3.23. The number of nitrogens with one attached hydrogen (secondary N) is 2. The zero-order chi connectivity index (χ0) is 15.1. The lowest BCUT2D eigenvalue weighted by molar-refractivity contribution is 0.0697. The van der Waals surface area contributed by atoms with Crippen LogP contribution in [0, 0.1) is 0 Å². The van der Waals surface area contributed by atoms with Crippen molar-refractivity contribution in [1.29, 1.82) is 0 Å². The summed E-state index contributed by atoms with van der Waals surface area (Å²) in [6.45, 7) is 4.08. The summed E-state index contributed by atoms with van der Waals surface area (Å²) in [6, 6.07) is 4.38. The number of hydrogen-bond acceptors (Lipinski definition) is 2. The third-order valence-corrected chi connectivity index (χ3v) is 3.33. The monoisotopic (exact) mass is 342 g/mol. The normalized spacial score (nSPS) is 11.8. The molecule has 0 aliphatic heterocycles. The van der Waals surface area contributed by atoms with Gasteiger partial charge in [0.1, 0.15) is 0 Å². The van der Waals surface area contributed by atoms with E-state index in [1.165, 1.54) is 12.1 Å². The van der Waals surface area contributed by atoms with Crippen molar-refractivity contribution < 1.29 is 14.7 Å². The van der Waals surface area contributed by atoms with Crippen LogP contribution in [0.15, 0.2) is 22.7 Å². The molecule has 1 rings (SSSR count). The summed E-state index contributed by atoms with van der Waals surface area (Å²) in [6.07, 6.45) is 2.78. The van der Waals surface area contributed by atoms with Crippen LogP contribution in [0.5, 0.6) is 0 Å². The quantitative estimate of drug-likeness (QED) is 0.734. The van der Waals surface area contributed by atoms with Gasteiger partial charge in [0.2, 0.25) is 0 Å². The highest BCUT2D eigenvalue weighted by Gasteiger charge is 2.11. The number of hydrogen-bond donors (Lipinski definition) is 3. The second kappa shape index (κ2) is 7.89. The number of rotatable bonds is 6. The number of aromatic carboxylic acids is 1. The van der Waals surface area contributed by atoms with Crippen molar-refractivity contribution in [3.8, 4) is 0 Å². The molecule has 0 bridgehead atoms. The molecular weight excluding hydrogens is 324 g/mol. The van der Waals surface area contributed by atoms with Crippen LogP contribution in [0.25, 0.3) is 0 Å². The zero-order valence-electron chi connectivity index (χ0n) is 11.6. The van der Waals surface area contributed by atoms with Crippen LogP contribution >= 0.6 is 15.9 Å². The Morgan fingerprint density at radius 2 is 2.00 bits per heavy atom. The minimum atomic E-state index is -1.04. The van der Waals surface area contributed by atoms with E-state index in [1.54, 1.807) is 6.07 Å². The molecule has 0 fully saturated rings. The third kappa shape index (κ3) is 5.21.